The number of rotatable bonds is 7. The van der Waals surface area contributed by atoms with Crippen LogP contribution in [0.1, 0.15) is 41.1 Å². The topological polar surface area (TPSA) is 75.2 Å². The monoisotopic (exact) mass is 440 g/mol. The maximum absolute atomic E-state index is 12.5. The second-order valence-corrected chi connectivity index (χ2v) is 9.16. The van der Waals surface area contributed by atoms with Crippen molar-refractivity contribution in [1.82, 2.24) is 14.9 Å². The first-order chi connectivity index (χ1) is 14.6. The Bertz CT molecular complexity index is 1070. The zero-order valence-electron chi connectivity index (χ0n) is 17.1. The molecule has 6 nitrogen and oxygen atoms in total. The number of hydrogen-bond acceptors (Lipinski definition) is 6. The lowest BCUT2D eigenvalue weighted by Gasteiger charge is -2.18. The van der Waals surface area contributed by atoms with Crippen LogP contribution < -0.4 is 5.32 Å². The summed E-state index contributed by atoms with van der Waals surface area (Å²) in [6, 6.07) is 7.06. The van der Waals surface area contributed by atoms with Gasteiger partial charge in [0.15, 0.2) is 0 Å². The molecule has 0 unspecified atom stereocenters. The summed E-state index contributed by atoms with van der Waals surface area (Å²) in [5, 5.41) is 4.92. The lowest BCUT2D eigenvalue weighted by molar-refractivity contribution is -0.113. The Labute approximate surface area is 184 Å². The Morgan fingerprint density at radius 2 is 1.90 bits per heavy atom. The molecule has 3 aromatic rings. The molecule has 4 rings (SSSR count). The fraction of sp³-hybridized carbons (Fsp3) is 0.364. The summed E-state index contributed by atoms with van der Waals surface area (Å²) >= 11 is 3.20. The molecule has 0 spiro atoms. The number of hydrogen-bond donors (Lipinski definition) is 1. The van der Waals surface area contributed by atoms with Gasteiger partial charge in [0.05, 0.1) is 5.75 Å². The highest BCUT2D eigenvalue weighted by atomic mass is 32.2. The molecule has 0 fully saturated rings. The average Bonchev–Trinajstić information content (AvgIpc) is 3.35. The lowest BCUT2D eigenvalue weighted by atomic mass is 10.2. The summed E-state index contributed by atoms with van der Waals surface area (Å²) in [6.45, 7) is 5.27. The summed E-state index contributed by atoms with van der Waals surface area (Å²) in [4.78, 5) is 37.9. The maximum atomic E-state index is 12.5. The first kappa shape index (κ1) is 20.8. The van der Waals surface area contributed by atoms with Crippen molar-refractivity contribution in [2.24, 2.45) is 0 Å². The molecule has 2 aromatic heterocycles. The highest BCUT2D eigenvalue weighted by Crippen LogP contribution is 2.39. The molecule has 1 aromatic carbocycles. The van der Waals surface area contributed by atoms with Gasteiger partial charge in [0.2, 0.25) is 5.91 Å². The molecule has 8 heteroatoms. The minimum absolute atomic E-state index is 0.00417. The van der Waals surface area contributed by atoms with Crippen LogP contribution >= 0.6 is 23.1 Å². The number of nitrogens with zero attached hydrogens (tertiary/aromatic N) is 3. The van der Waals surface area contributed by atoms with Crippen molar-refractivity contribution in [3.63, 3.8) is 0 Å². The number of fused-ring (bicyclic) bond motifs is 3. The van der Waals surface area contributed by atoms with Gasteiger partial charge in [-0.2, -0.15) is 0 Å². The van der Waals surface area contributed by atoms with Crippen LogP contribution in [0.2, 0.25) is 0 Å². The predicted octanol–water partition coefficient (Wildman–Crippen LogP) is 4.39. The van der Waals surface area contributed by atoms with E-state index in [1.807, 2.05) is 13.8 Å². The highest BCUT2D eigenvalue weighted by Gasteiger charge is 2.21. The van der Waals surface area contributed by atoms with Crippen molar-refractivity contribution in [1.29, 1.82) is 0 Å². The molecule has 1 aliphatic rings. The zero-order valence-corrected chi connectivity index (χ0v) is 18.7. The minimum atomic E-state index is -0.0959. The van der Waals surface area contributed by atoms with Crippen molar-refractivity contribution in [3.8, 4) is 0 Å². The Balaban J connectivity index is 1.39. The molecule has 0 radical (unpaired) electrons. The standard InChI is InChI=1S/C22H24N4O2S2/c1-3-26(4-2)22(28)14-8-10-15(11-9-14)25-18(27)12-29-20-19-16-6-5-7-17(16)30-21(19)24-13-23-20/h8-11,13H,3-7,12H2,1-2H3,(H,25,27). The molecule has 0 saturated heterocycles. The van der Waals surface area contributed by atoms with E-state index in [1.54, 1.807) is 46.8 Å². The van der Waals surface area contributed by atoms with Crippen molar-refractivity contribution in [2.75, 3.05) is 24.2 Å². The predicted molar refractivity (Wildman–Crippen MR) is 122 cm³/mol. The second-order valence-electron chi connectivity index (χ2n) is 7.11. The van der Waals surface area contributed by atoms with Crippen LogP contribution in [0.25, 0.3) is 10.2 Å². The SMILES string of the molecule is CCN(CC)C(=O)c1ccc(NC(=O)CSc2ncnc3sc4c(c23)CCC4)cc1. The van der Waals surface area contributed by atoms with E-state index >= 15 is 0 Å². The Morgan fingerprint density at radius 3 is 2.63 bits per heavy atom. The Hall–Kier alpha value is -2.45. The van der Waals surface area contributed by atoms with Gasteiger partial charge in [-0.1, -0.05) is 11.8 Å². The van der Waals surface area contributed by atoms with Crippen LogP contribution in [0.3, 0.4) is 0 Å². The quantitative estimate of drug-likeness (QED) is 0.436. The number of amides is 2. The molecular formula is C22H24N4O2S2. The van der Waals surface area contributed by atoms with E-state index in [2.05, 4.69) is 15.3 Å². The van der Waals surface area contributed by atoms with Crippen LogP contribution in [0.15, 0.2) is 35.6 Å². The van der Waals surface area contributed by atoms with Gasteiger partial charge < -0.3 is 10.2 Å². The molecule has 2 heterocycles. The van der Waals surface area contributed by atoms with Gasteiger partial charge in [-0.25, -0.2) is 9.97 Å². The summed E-state index contributed by atoms with van der Waals surface area (Å²) in [6.07, 6.45) is 4.96. The van der Waals surface area contributed by atoms with E-state index in [0.717, 1.165) is 28.1 Å². The first-order valence-corrected chi connectivity index (χ1v) is 12.0. The van der Waals surface area contributed by atoms with Crippen LogP contribution in [-0.2, 0) is 17.6 Å². The van der Waals surface area contributed by atoms with Crippen molar-refractivity contribution in [3.05, 3.63) is 46.6 Å². The molecule has 30 heavy (non-hydrogen) atoms. The molecule has 2 amide bonds. The van der Waals surface area contributed by atoms with Gasteiger partial charge in [-0.15, -0.1) is 11.3 Å². The summed E-state index contributed by atoms with van der Waals surface area (Å²) < 4.78 is 0. The van der Waals surface area contributed by atoms with Crippen LogP contribution in [0, 0.1) is 0 Å². The van der Waals surface area contributed by atoms with Crippen LogP contribution in [-0.4, -0.2) is 45.5 Å². The molecule has 0 bridgehead atoms. The summed E-state index contributed by atoms with van der Waals surface area (Å²) in [5.74, 6) is 0.183. The van der Waals surface area contributed by atoms with Gasteiger partial charge in [0, 0.05) is 34.6 Å². The largest absolute Gasteiger partial charge is 0.339 e. The number of benzene rings is 1. The Kier molecular flexibility index (Phi) is 6.34. The molecule has 156 valence electrons. The van der Waals surface area contributed by atoms with Crippen molar-refractivity contribution >= 4 is 50.8 Å². The number of thiophene rings is 1. The number of anilines is 1. The molecule has 0 aliphatic heterocycles. The average molecular weight is 441 g/mol. The van der Waals surface area contributed by atoms with E-state index < -0.39 is 0 Å². The van der Waals surface area contributed by atoms with Gasteiger partial charge in [0.1, 0.15) is 16.2 Å². The van der Waals surface area contributed by atoms with Gasteiger partial charge in [0.25, 0.3) is 5.91 Å². The molecule has 1 N–H and O–H groups in total. The van der Waals surface area contributed by atoms with Crippen molar-refractivity contribution in [2.45, 2.75) is 38.1 Å². The Morgan fingerprint density at radius 1 is 1.13 bits per heavy atom. The summed E-state index contributed by atoms with van der Waals surface area (Å²) in [7, 11) is 0. The van der Waals surface area contributed by atoms with Gasteiger partial charge in [-0.05, 0) is 62.9 Å². The first-order valence-electron chi connectivity index (χ1n) is 10.2. The molecule has 0 atom stereocenters. The van der Waals surface area contributed by atoms with E-state index in [4.69, 9.17) is 0 Å². The third-order valence-corrected chi connectivity index (χ3v) is 7.46. The fourth-order valence-electron chi connectivity index (χ4n) is 3.73. The maximum Gasteiger partial charge on any atom is 0.253 e. The second kappa shape index (κ2) is 9.14. The smallest absolute Gasteiger partial charge is 0.253 e. The third-order valence-electron chi connectivity index (χ3n) is 5.27. The lowest BCUT2D eigenvalue weighted by Crippen LogP contribution is -2.30. The number of aromatic nitrogens is 2. The van der Waals surface area contributed by atoms with Gasteiger partial charge >= 0.3 is 0 Å². The minimum Gasteiger partial charge on any atom is -0.339 e. The van der Waals surface area contributed by atoms with Crippen molar-refractivity contribution < 1.29 is 9.59 Å². The van der Waals surface area contributed by atoms with Crippen LogP contribution in [0.5, 0.6) is 0 Å². The molecule has 0 saturated carbocycles. The van der Waals surface area contributed by atoms with Crippen LogP contribution in [0.4, 0.5) is 5.69 Å². The number of carbonyl (C=O) groups excluding carboxylic acids is 2. The number of aryl methyl sites for hydroxylation is 2. The van der Waals surface area contributed by atoms with Gasteiger partial charge in [-0.3, -0.25) is 9.59 Å². The summed E-state index contributed by atoms with van der Waals surface area (Å²) in [5.41, 5.74) is 2.67. The van der Waals surface area contributed by atoms with E-state index in [1.165, 1.54) is 28.6 Å². The number of thioether (sulfide) groups is 1. The normalized spacial score (nSPS) is 12.7. The number of nitrogens with one attached hydrogen (secondary N) is 1. The fourth-order valence-corrected chi connectivity index (χ4v) is 5.85. The molecule has 1 aliphatic carbocycles. The zero-order chi connectivity index (χ0) is 21.1. The number of carbonyl (C=O) groups is 2. The highest BCUT2D eigenvalue weighted by molar-refractivity contribution is 8.00. The van der Waals surface area contributed by atoms with E-state index in [9.17, 15) is 9.59 Å². The van der Waals surface area contributed by atoms with E-state index in [0.29, 0.717) is 24.3 Å². The third kappa shape index (κ3) is 4.20. The molecular weight excluding hydrogens is 416 g/mol. The van der Waals surface area contributed by atoms with E-state index in [-0.39, 0.29) is 17.6 Å².